The van der Waals surface area contributed by atoms with Gasteiger partial charge in [0.05, 0.1) is 32.7 Å². The second kappa shape index (κ2) is 13.2. The molecular formula is C28H35N3O5. The van der Waals surface area contributed by atoms with Crippen molar-refractivity contribution in [3.63, 3.8) is 0 Å². The number of carbonyl (C=O) groups is 2. The number of amides is 3. The van der Waals surface area contributed by atoms with Crippen LogP contribution in [0.1, 0.15) is 31.6 Å². The van der Waals surface area contributed by atoms with Crippen LogP contribution in [-0.2, 0) is 17.8 Å². The van der Waals surface area contributed by atoms with Crippen LogP contribution in [-0.4, -0.2) is 55.1 Å². The first-order valence-corrected chi connectivity index (χ1v) is 12.1. The second-order valence-corrected chi connectivity index (χ2v) is 8.51. The number of hydrogen-bond acceptors (Lipinski definition) is 5. The van der Waals surface area contributed by atoms with Gasteiger partial charge in [-0.15, -0.1) is 0 Å². The highest BCUT2D eigenvalue weighted by atomic mass is 16.5. The maximum absolute atomic E-state index is 13.5. The third kappa shape index (κ3) is 7.28. The Labute approximate surface area is 212 Å². The van der Waals surface area contributed by atoms with Gasteiger partial charge in [0.15, 0.2) is 0 Å². The first-order valence-electron chi connectivity index (χ1n) is 12.1. The SMILES string of the molecule is CCC(C)N(CC(=O)N(CCc1ccccc1)Cc1ccco1)C(=O)Nc1ccc(OC)cc1OC. The minimum absolute atomic E-state index is 0.0607. The first kappa shape index (κ1) is 26.7. The van der Waals surface area contributed by atoms with Gasteiger partial charge in [-0.25, -0.2) is 4.79 Å². The van der Waals surface area contributed by atoms with Crippen molar-refractivity contribution < 1.29 is 23.5 Å². The average molecular weight is 494 g/mol. The van der Waals surface area contributed by atoms with E-state index < -0.39 is 0 Å². The molecule has 0 aliphatic carbocycles. The van der Waals surface area contributed by atoms with Gasteiger partial charge in [-0.1, -0.05) is 37.3 Å². The fourth-order valence-electron chi connectivity index (χ4n) is 3.77. The summed E-state index contributed by atoms with van der Waals surface area (Å²) in [4.78, 5) is 30.1. The molecule has 36 heavy (non-hydrogen) atoms. The van der Waals surface area contributed by atoms with E-state index in [2.05, 4.69) is 5.32 Å². The molecule has 3 aromatic rings. The van der Waals surface area contributed by atoms with Crippen LogP contribution in [0.4, 0.5) is 10.5 Å². The summed E-state index contributed by atoms with van der Waals surface area (Å²) in [6.07, 6.45) is 2.99. The quantitative estimate of drug-likeness (QED) is 0.375. The topological polar surface area (TPSA) is 84.3 Å². The molecule has 0 spiro atoms. The number of nitrogens with one attached hydrogen (secondary N) is 1. The highest BCUT2D eigenvalue weighted by molar-refractivity contribution is 5.94. The summed E-state index contributed by atoms with van der Waals surface area (Å²) in [7, 11) is 3.09. The van der Waals surface area contributed by atoms with Crippen molar-refractivity contribution in [2.75, 3.05) is 32.6 Å². The van der Waals surface area contributed by atoms with Crippen LogP contribution in [0.15, 0.2) is 71.3 Å². The molecule has 2 aromatic carbocycles. The number of anilines is 1. The Balaban J connectivity index is 1.76. The molecule has 1 aromatic heterocycles. The van der Waals surface area contributed by atoms with Gasteiger partial charge >= 0.3 is 6.03 Å². The number of urea groups is 1. The molecule has 3 rings (SSSR count). The van der Waals surface area contributed by atoms with E-state index in [1.54, 1.807) is 47.4 Å². The maximum Gasteiger partial charge on any atom is 0.322 e. The zero-order valence-electron chi connectivity index (χ0n) is 21.4. The number of methoxy groups -OCH3 is 2. The molecule has 0 aliphatic heterocycles. The van der Waals surface area contributed by atoms with E-state index in [0.29, 0.717) is 48.9 Å². The molecule has 0 bridgehead atoms. The van der Waals surface area contributed by atoms with Crippen molar-refractivity contribution in [2.24, 2.45) is 0 Å². The molecule has 8 heteroatoms. The van der Waals surface area contributed by atoms with Crippen molar-refractivity contribution in [1.82, 2.24) is 9.80 Å². The summed E-state index contributed by atoms with van der Waals surface area (Å²) >= 11 is 0. The van der Waals surface area contributed by atoms with Crippen LogP contribution in [0.25, 0.3) is 0 Å². The molecule has 8 nitrogen and oxygen atoms in total. The van der Waals surface area contributed by atoms with Crippen molar-refractivity contribution in [3.05, 3.63) is 78.3 Å². The van der Waals surface area contributed by atoms with Crippen molar-refractivity contribution in [2.45, 2.75) is 39.3 Å². The van der Waals surface area contributed by atoms with Crippen molar-refractivity contribution >= 4 is 17.6 Å². The Morgan fingerprint density at radius 3 is 2.44 bits per heavy atom. The largest absolute Gasteiger partial charge is 0.497 e. The molecule has 0 saturated carbocycles. The molecule has 192 valence electrons. The Morgan fingerprint density at radius 1 is 1.03 bits per heavy atom. The van der Waals surface area contributed by atoms with Gasteiger partial charge in [0.25, 0.3) is 0 Å². The van der Waals surface area contributed by atoms with E-state index in [0.717, 1.165) is 5.56 Å². The number of carbonyl (C=O) groups excluding carboxylic acids is 2. The Morgan fingerprint density at radius 2 is 1.81 bits per heavy atom. The van der Waals surface area contributed by atoms with Crippen LogP contribution in [0.3, 0.4) is 0 Å². The minimum Gasteiger partial charge on any atom is -0.497 e. The number of nitrogens with zero attached hydrogens (tertiary/aromatic N) is 2. The third-order valence-electron chi connectivity index (χ3n) is 6.13. The molecule has 0 radical (unpaired) electrons. The molecule has 1 N–H and O–H groups in total. The molecule has 0 saturated heterocycles. The van der Waals surface area contributed by atoms with E-state index in [9.17, 15) is 9.59 Å². The van der Waals surface area contributed by atoms with Gasteiger partial charge < -0.3 is 29.0 Å². The van der Waals surface area contributed by atoms with Crippen LogP contribution in [0, 0.1) is 0 Å². The summed E-state index contributed by atoms with van der Waals surface area (Å²) in [5, 5.41) is 2.89. The zero-order valence-corrected chi connectivity index (χ0v) is 21.4. The Kier molecular flexibility index (Phi) is 9.80. The summed E-state index contributed by atoms with van der Waals surface area (Å²) in [6, 6.07) is 18.3. The van der Waals surface area contributed by atoms with E-state index in [-0.39, 0.29) is 24.5 Å². The molecule has 1 atom stereocenters. The predicted molar refractivity (Wildman–Crippen MR) is 139 cm³/mol. The monoisotopic (exact) mass is 493 g/mol. The summed E-state index contributed by atoms with van der Waals surface area (Å²) in [5.74, 6) is 1.63. The Hall–Kier alpha value is -3.94. The lowest BCUT2D eigenvalue weighted by molar-refractivity contribution is -0.133. The zero-order chi connectivity index (χ0) is 25.9. The lowest BCUT2D eigenvalue weighted by Gasteiger charge is -2.31. The van der Waals surface area contributed by atoms with Crippen molar-refractivity contribution in [1.29, 1.82) is 0 Å². The standard InChI is InChI=1S/C28H35N3O5/c1-5-21(2)31(28(33)29-25-14-13-23(34-3)18-26(25)35-4)20-27(32)30(19-24-12-9-17-36-24)16-15-22-10-7-6-8-11-22/h6-14,17-18,21H,5,15-16,19-20H2,1-4H3,(H,29,33). The fourth-order valence-corrected chi connectivity index (χ4v) is 3.77. The van der Waals surface area contributed by atoms with Gasteiger partial charge in [-0.05, 0) is 49.6 Å². The molecular weight excluding hydrogens is 458 g/mol. The first-order chi connectivity index (χ1) is 17.4. The van der Waals surface area contributed by atoms with Crippen LogP contribution < -0.4 is 14.8 Å². The smallest absolute Gasteiger partial charge is 0.322 e. The number of hydrogen-bond donors (Lipinski definition) is 1. The predicted octanol–water partition coefficient (Wildman–Crippen LogP) is 5.20. The summed E-state index contributed by atoms with van der Waals surface area (Å²) in [5.41, 5.74) is 1.64. The minimum atomic E-state index is -0.373. The summed E-state index contributed by atoms with van der Waals surface area (Å²) in [6.45, 7) is 4.69. The molecule has 0 fully saturated rings. The molecule has 0 aliphatic rings. The van der Waals surface area contributed by atoms with Gasteiger partial charge in [-0.2, -0.15) is 0 Å². The van der Waals surface area contributed by atoms with Gasteiger partial charge in [0, 0.05) is 18.7 Å². The van der Waals surface area contributed by atoms with E-state index in [4.69, 9.17) is 13.9 Å². The van der Waals surface area contributed by atoms with Crippen molar-refractivity contribution in [3.8, 4) is 11.5 Å². The van der Waals surface area contributed by atoms with Gasteiger partial charge in [-0.3, -0.25) is 4.79 Å². The maximum atomic E-state index is 13.5. The lowest BCUT2D eigenvalue weighted by atomic mass is 10.1. The fraction of sp³-hybridized carbons (Fsp3) is 0.357. The number of ether oxygens (including phenoxy) is 2. The molecule has 3 amide bonds. The normalized spacial score (nSPS) is 11.4. The van der Waals surface area contributed by atoms with Gasteiger partial charge in [0.1, 0.15) is 23.8 Å². The van der Waals surface area contributed by atoms with Crippen LogP contribution >= 0.6 is 0 Å². The highest BCUT2D eigenvalue weighted by Gasteiger charge is 2.26. The number of rotatable bonds is 12. The highest BCUT2D eigenvalue weighted by Crippen LogP contribution is 2.29. The van der Waals surface area contributed by atoms with E-state index >= 15 is 0 Å². The van der Waals surface area contributed by atoms with Crippen LogP contribution in [0.5, 0.6) is 11.5 Å². The second-order valence-electron chi connectivity index (χ2n) is 8.51. The van der Waals surface area contributed by atoms with E-state index in [1.807, 2.05) is 50.2 Å². The molecule has 1 heterocycles. The molecule has 1 unspecified atom stereocenters. The van der Waals surface area contributed by atoms with Gasteiger partial charge in [0.2, 0.25) is 5.91 Å². The number of benzene rings is 2. The van der Waals surface area contributed by atoms with Crippen LogP contribution in [0.2, 0.25) is 0 Å². The lowest BCUT2D eigenvalue weighted by Crippen LogP contribution is -2.48. The van der Waals surface area contributed by atoms with E-state index in [1.165, 1.54) is 7.11 Å². The summed E-state index contributed by atoms with van der Waals surface area (Å²) < 4.78 is 16.1. The Bertz CT molecular complexity index is 1100. The number of furan rings is 1. The third-order valence-corrected chi connectivity index (χ3v) is 6.13. The average Bonchev–Trinajstić information content (AvgIpc) is 3.43.